The highest BCUT2D eigenvalue weighted by atomic mass is 32.1. The smallest absolute Gasteiger partial charge is 0.255 e. The van der Waals surface area contributed by atoms with Gasteiger partial charge in [-0.2, -0.15) is 0 Å². The molecule has 0 atom stereocenters. The molecule has 3 N–H and O–H groups in total. The molecule has 0 bridgehead atoms. The molecule has 0 saturated carbocycles. The Morgan fingerprint density at radius 2 is 1.95 bits per heavy atom. The van der Waals surface area contributed by atoms with E-state index in [0.29, 0.717) is 17.9 Å². The summed E-state index contributed by atoms with van der Waals surface area (Å²) in [7, 11) is 0. The van der Waals surface area contributed by atoms with Gasteiger partial charge < -0.3 is 15.8 Å². The number of thiophene rings is 1. The molecule has 0 unspecified atom stereocenters. The van der Waals surface area contributed by atoms with Gasteiger partial charge in [-0.15, -0.1) is 11.3 Å². The van der Waals surface area contributed by atoms with Crippen molar-refractivity contribution in [3.05, 3.63) is 52.2 Å². The van der Waals surface area contributed by atoms with Crippen LogP contribution in [0.1, 0.15) is 15.2 Å². The largest absolute Gasteiger partial charge is 0.484 e. The summed E-state index contributed by atoms with van der Waals surface area (Å²) in [5.74, 6) is -0.165. The molecule has 5 nitrogen and oxygen atoms in total. The van der Waals surface area contributed by atoms with Crippen LogP contribution in [0.2, 0.25) is 0 Å². The molecule has 0 aliphatic rings. The van der Waals surface area contributed by atoms with E-state index in [4.69, 9.17) is 10.5 Å². The molecular weight excluding hydrogens is 288 g/mol. The topological polar surface area (TPSA) is 81.4 Å². The van der Waals surface area contributed by atoms with Gasteiger partial charge in [0.25, 0.3) is 11.8 Å². The highest BCUT2D eigenvalue weighted by molar-refractivity contribution is 7.09. The van der Waals surface area contributed by atoms with E-state index in [-0.39, 0.29) is 12.5 Å². The second kappa shape index (κ2) is 7.44. The van der Waals surface area contributed by atoms with Crippen LogP contribution in [0.25, 0.3) is 0 Å². The monoisotopic (exact) mass is 304 g/mol. The fraction of sp³-hybridized carbons (Fsp3) is 0.200. The number of hydrogen-bond acceptors (Lipinski definition) is 4. The van der Waals surface area contributed by atoms with Crippen molar-refractivity contribution in [1.82, 2.24) is 5.32 Å². The van der Waals surface area contributed by atoms with Gasteiger partial charge in [-0.1, -0.05) is 6.07 Å². The number of ether oxygens (including phenoxy) is 1. The first-order valence-electron chi connectivity index (χ1n) is 6.47. The van der Waals surface area contributed by atoms with Crippen molar-refractivity contribution in [3.8, 4) is 5.75 Å². The van der Waals surface area contributed by atoms with Gasteiger partial charge in [0.1, 0.15) is 5.75 Å². The molecular formula is C15H16N2O3S. The zero-order valence-corrected chi connectivity index (χ0v) is 12.2. The maximum absolute atomic E-state index is 11.9. The van der Waals surface area contributed by atoms with Gasteiger partial charge >= 0.3 is 0 Å². The molecule has 21 heavy (non-hydrogen) atoms. The third-order valence-electron chi connectivity index (χ3n) is 2.73. The van der Waals surface area contributed by atoms with Crippen molar-refractivity contribution in [3.63, 3.8) is 0 Å². The normalized spacial score (nSPS) is 10.1. The van der Waals surface area contributed by atoms with Crippen LogP contribution in [0.15, 0.2) is 41.8 Å². The second-order valence-corrected chi connectivity index (χ2v) is 5.40. The summed E-state index contributed by atoms with van der Waals surface area (Å²) in [4.78, 5) is 23.8. The van der Waals surface area contributed by atoms with E-state index in [1.165, 1.54) is 4.88 Å². The van der Waals surface area contributed by atoms with Crippen molar-refractivity contribution in [2.75, 3.05) is 13.2 Å². The summed E-state index contributed by atoms with van der Waals surface area (Å²) >= 11 is 1.67. The lowest BCUT2D eigenvalue weighted by molar-refractivity contribution is -0.119. The van der Waals surface area contributed by atoms with Crippen LogP contribution in [-0.2, 0) is 11.2 Å². The van der Waals surface area contributed by atoms with Gasteiger partial charge in [-0.05, 0) is 42.1 Å². The van der Waals surface area contributed by atoms with Crippen LogP contribution >= 0.6 is 11.3 Å². The third kappa shape index (κ3) is 4.92. The number of nitrogens with two attached hydrogens (primary N) is 1. The van der Waals surface area contributed by atoms with Crippen LogP contribution in [0.4, 0.5) is 0 Å². The Morgan fingerprint density at radius 3 is 2.57 bits per heavy atom. The van der Waals surface area contributed by atoms with Gasteiger partial charge in [-0.3, -0.25) is 9.59 Å². The number of benzene rings is 1. The maximum atomic E-state index is 11.9. The average molecular weight is 304 g/mol. The number of carbonyl (C=O) groups excluding carboxylic acids is 2. The molecule has 1 heterocycles. The van der Waals surface area contributed by atoms with Crippen LogP contribution in [0.3, 0.4) is 0 Å². The Hall–Kier alpha value is -2.34. The lowest BCUT2D eigenvalue weighted by atomic mass is 10.2. The molecule has 0 fully saturated rings. The number of amides is 2. The average Bonchev–Trinajstić information content (AvgIpc) is 2.99. The van der Waals surface area contributed by atoms with E-state index in [0.717, 1.165) is 6.42 Å². The van der Waals surface area contributed by atoms with Crippen molar-refractivity contribution in [1.29, 1.82) is 0 Å². The summed E-state index contributed by atoms with van der Waals surface area (Å²) in [6.45, 7) is 0.422. The van der Waals surface area contributed by atoms with E-state index in [1.54, 1.807) is 35.6 Å². The maximum Gasteiger partial charge on any atom is 0.255 e. The number of nitrogens with one attached hydrogen (secondary N) is 1. The Kier molecular flexibility index (Phi) is 5.34. The Bertz CT molecular complexity index is 594. The standard InChI is InChI=1S/C15H16N2O3S/c16-14(18)10-20-12-5-3-11(4-6-12)15(19)17-8-7-13-2-1-9-21-13/h1-6,9H,7-8,10H2,(H2,16,18)(H,17,19). The Morgan fingerprint density at radius 1 is 1.19 bits per heavy atom. The fourth-order valence-corrected chi connectivity index (χ4v) is 2.42. The predicted octanol–water partition coefficient (Wildman–Crippen LogP) is 1.58. The number of carbonyl (C=O) groups is 2. The second-order valence-electron chi connectivity index (χ2n) is 4.36. The molecule has 1 aromatic heterocycles. The van der Waals surface area contributed by atoms with E-state index < -0.39 is 5.91 Å². The van der Waals surface area contributed by atoms with Crippen molar-refractivity contribution in [2.24, 2.45) is 5.73 Å². The van der Waals surface area contributed by atoms with E-state index in [2.05, 4.69) is 5.32 Å². The van der Waals surface area contributed by atoms with Crippen LogP contribution in [0.5, 0.6) is 5.75 Å². The molecule has 2 rings (SSSR count). The third-order valence-corrected chi connectivity index (χ3v) is 3.67. The molecule has 6 heteroatoms. The zero-order valence-electron chi connectivity index (χ0n) is 11.4. The van der Waals surface area contributed by atoms with Crippen molar-refractivity contribution >= 4 is 23.2 Å². The minimum absolute atomic E-state index is 0.131. The summed E-state index contributed by atoms with van der Waals surface area (Å²) in [6.07, 6.45) is 0.823. The van der Waals surface area contributed by atoms with Crippen molar-refractivity contribution < 1.29 is 14.3 Å². The van der Waals surface area contributed by atoms with Gasteiger partial charge in [0.05, 0.1) is 0 Å². The van der Waals surface area contributed by atoms with Gasteiger partial charge in [0.15, 0.2) is 6.61 Å². The SMILES string of the molecule is NC(=O)COc1ccc(C(=O)NCCc2cccs2)cc1. The molecule has 0 radical (unpaired) electrons. The van der Waals surface area contributed by atoms with Crippen LogP contribution in [-0.4, -0.2) is 25.0 Å². The molecule has 0 saturated heterocycles. The zero-order chi connectivity index (χ0) is 15.1. The first-order chi connectivity index (χ1) is 10.1. The molecule has 0 aliphatic carbocycles. The highest BCUT2D eigenvalue weighted by Crippen LogP contribution is 2.12. The van der Waals surface area contributed by atoms with E-state index in [1.807, 2.05) is 17.5 Å². The quantitative estimate of drug-likeness (QED) is 0.815. The molecule has 0 spiro atoms. The predicted molar refractivity (Wildman–Crippen MR) is 81.5 cm³/mol. The van der Waals surface area contributed by atoms with E-state index in [9.17, 15) is 9.59 Å². The highest BCUT2D eigenvalue weighted by Gasteiger charge is 2.05. The first kappa shape index (κ1) is 15.1. The van der Waals surface area contributed by atoms with Gasteiger partial charge in [0, 0.05) is 17.0 Å². The summed E-state index contributed by atoms with van der Waals surface area (Å²) in [5.41, 5.74) is 5.53. The molecule has 2 aromatic rings. The lowest BCUT2D eigenvalue weighted by Gasteiger charge is -2.06. The molecule has 110 valence electrons. The molecule has 2 amide bonds. The van der Waals surface area contributed by atoms with Crippen LogP contribution in [0, 0.1) is 0 Å². The minimum atomic E-state index is -0.537. The summed E-state index contributed by atoms with van der Waals surface area (Å²) in [6, 6.07) is 10.6. The number of hydrogen-bond donors (Lipinski definition) is 2. The Labute approximate surface area is 126 Å². The van der Waals surface area contributed by atoms with Gasteiger partial charge in [-0.25, -0.2) is 0 Å². The Balaban J connectivity index is 1.80. The molecule has 0 aliphatic heterocycles. The number of primary amides is 1. The summed E-state index contributed by atoms with van der Waals surface area (Å²) in [5, 5.41) is 4.88. The molecule has 1 aromatic carbocycles. The van der Waals surface area contributed by atoms with Crippen molar-refractivity contribution in [2.45, 2.75) is 6.42 Å². The van der Waals surface area contributed by atoms with E-state index >= 15 is 0 Å². The van der Waals surface area contributed by atoms with Crippen LogP contribution < -0.4 is 15.8 Å². The fourth-order valence-electron chi connectivity index (χ4n) is 1.71. The van der Waals surface area contributed by atoms with Gasteiger partial charge in [0.2, 0.25) is 0 Å². The summed E-state index contributed by atoms with van der Waals surface area (Å²) < 4.78 is 5.13. The lowest BCUT2D eigenvalue weighted by Crippen LogP contribution is -2.25. The number of rotatable bonds is 7. The first-order valence-corrected chi connectivity index (χ1v) is 7.35. The minimum Gasteiger partial charge on any atom is -0.484 e.